The summed E-state index contributed by atoms with van der Waals surface area (Å²) in [4.78, 5) is 0. The molecule has 5 aromatic carbocycles. The molecule has 35 heavy (non-hydrogen) atoms. The van der Waals surface area contributed by atoms with Gasteiger partial charge in [-0.3, -0.25) is 0 Å². The van der Waals surface area contributed by atoms with Crippen molar-refractivity contribution in [2.75, 3.05) is 14.2 Å². The van der Waals surface area contributed by atoms with E-state index in [4.69, 9.17) is 9.47 Å². The molecule has 0 unspecified atom stereocenters. The fourth-order valence-electron chi connectivity index (χ4n) is 4.50. The lowest BCUT2D eigenvalue weighted by Gasteiger charge is -2.20. The van der Waals surface area contributed by atoms with Crippen molar-refractivity contribution in [1.82, 2.24) is 0 Å². The van der Waals surface area contributed by atoms with Gasteiger partial charge in [-0.15, -0.1) is 0 Å². The van der Waals surface area contributed by atoms with Crippen LogP contribution in [0.1, 0.15) is 0 Å². The minimum Gasteiger partial charge on any atom is -0.497 e. The van der Waals surface area contributed by atoms with Gasteiger partial charge >= 0.3 is 0 Å². The van der Waals surface area contributed by atoms with Gasteiger partial charge in [-0.05, 0) is 41.3 Å². The smallest absolute Gasteiger partial charge is 0.137 e. The summed E-state index contributed by atoms with van der Waals surface area (Å²) in [7, 11) is 2.72. The van der Waals surface area contributed by atoms with Gasteiger partial charge in [-0.1, -0.05) is 24.3 Å². The first kappa shape index (κ1) is 22.7. The molecular weight excluding hydrogens is 463 g/mol. The van der Waals surface area contributed by atoms with Crippen LogP contribution in [0.25, 0.3) is 43.8 Å². The Balaban J connectivity index is 2.06. The van der Waals surface area contributed by atoms with Crippen LogP contribution in [0.4, 0.5) is 22.0 Å². The van der Waals surface area contributed by atoms with Crippen molar-refractivity contribution in [1.29, 1.82) is 0 Å². The van der Waals surface area contributed by atoms with Gasteiger partial charge in [-0.25, -0.2) is 22.0 Å². The predicted molar refractivity (Wildman–Crippen MR) is 125 cm³/mol. The summed E-state index contributed by atoms with van der Waals surface area (Å²) in [5, 5.41) is -0.732. The molecule has 0 amide bonds. The molecule has 0 aliphatic carbocycles. The molecule has 5 rings (SSSR count). The molecule has 2 nitrogen and oxygen atoms in total. The van der Waals surface area contributed by atoms with Crippen molar-refractivity contribution in [3.63, 3.8) is 0 Å². The van der Waals surface area contributed by atoms with Gasteiger partial charge < -0.3 is 9.47 Å². The SMILES string of the molecule is COc1ccc(-c2c3cccc(F)c3c(-c3c(F)cc(OC)cc3F)c3c(F)ccc(F)c23)cc1. The Kier molecular flexibility index (Phi) is 5.55. The van der Waals surface area contributed by atoms with Crippen LogP contribution < -0.4 is 9.47 Å². The van der Waals surface area contributed by atoms with E-state index >= 15 is 22.0 Å². The normalized spacial score (nSPS) is 11.3. The van der Waals surface area contributed by atoms with Crippen LogP contribution in [-0.2, 0) is 0 Å². The molecule has 0 atom stereocenters. The van der Waals surface area contributed by atoms with Crippen LogP contribution in [0.2, 0.25) is 0 Å². The predicted octanol–water partition coefficient (Wildman–Crippen LogP) is 8.04. The lowest BCUT2D eigenvalue weighted by Crippen LogP contribution is -2.00. The average molecular weight is 480 g/mol. The number of methoxy groups -OCH3 is 2. The quantitative estimate of drug-likeness (QED) is 0.191. The summed E-state index contributed by atoms with van der Waals surface area (Å²) in [6.45, 7) is 0. The molecule has 0 saturated heterocycles. The van der Waals surface area contributed by atoms with Gasteiger partial charge in [0.25, 0.3) is 0 Å². The molecule has 0 heterocycles. The Bertz CT molecular complexity index is 1590. The summed E-state index contributed by atoms with van der Waals surface area (Å²) in [5.41, 5.74) is -0.470. The van der Waals surface area contributed by atoms with Gasteiger partial charge in [0.05, 0.1) is 19.8 Å². The first-order valence-electron chi connectivity index (χ1n) is 10.6. The number of halogens is 5. The third-order valence-corrected chi connectivity index (χ3v) is 6.02. The van der Waals surface area contributed by atoms with Gasteiger partial charge in [0.2, 0.25) is 0 Å². The van der Waals surface area contributed by atoms with E-state index in [1.165, 1.54) is 26.4 Å². The van der Waals surface area contributed by atoms with Gasteiger partial charge in [-0.2, -0.15) is 0 Å². The molecule has 0 bridgehead atoms. The second kappa shape index (κ2) is 8.58. The fraction of sp³-hybridized carbons (Fsp3) is 0.0714. The van der Waals surface area contributed by atoms with Crippen molar-refractivity contribution in [3.8, 4) is 33.8 Å². The first-order chi connectivity index (χ1) is 16.8. The van der Waals surface area contributed by atoms with E-state index in [-0.39, 0.29) is 27.5 Å². The summed E-state index contributed by atoms with van der Waals surface area (Å²) >= 11 is 0. The molecule has 0 aromatic heterocycles. The first-order valence-corrected chi connectivity index (χ1v) is 10.6. The minimum atomic E-state index is -1.10. The van der Waals surface area contributed by atoms with Crippen molar-refractivity contribution in [2.24, 2.45) is 0 Å². The topological polar surface area (TPSA) is 18.5 Å². The van der Waals surface area contributed by atoms with Gasteiger partial charge in [0.1, 0.15) is 40.6 Å². The number of rotatable bonds is 4. The van der Waals surface area contributed by atoms with E-state index in [1.54, 1.807) is 24.3 Å². The van der Waals surface area contributed by atoms with E-state index in [1.807, 2.05) is 0 Å². The fourth-order valence-corrected chi connectivity index (χ4v) is 4.50. The van der Waals surface area contributed by atoms with Gasteiger partial charge in [0, 0.05) is 39.4 Å². The summed E-state index contributed by atoms with van der Waals surface area (Å²) in [6.07, 6.45) is 0. The molecule has 0 N–H and O–H groups in total. The highest BCUT2D eigenvalue weighted by Crippen LogP contribution is 2.47. The Morgan fingerprint density at radius 1 is 0.486 bits per heavy atom. The molecule has 0 saturated carbocycles. The summed E-state index contributed by atoms with van der Waals surface area (Å²) in [5.74, 6) is -4.41. The van der Waals surface area contributed by atoms with E-state index in [0.717, 1.165) is 30.3 Å². The molecule has 0 aliphatic rings. The molecular formula is C28H17F5O2. The highest BCUT2D eigenvalue weighted by Gasteiger charge is 2.27. The molecule has 0 spiro atoms. The molecule has 176 valence electrons. The van der Waals surface area contributed by atoms with Crippen molar-refractivity contribution < 1.29 is 31.4 Å². The van der Waals surface area contributed by atoms with Gasteiger partial charge in [0.15, 0.2) is 0 Å². The number of hydrogen-bond donors (Lipinski definition) is 0. The van der Waals surface area contributed by atoms with Crippen molar-refractivity contribution in [2.45, 2.75) is 0 Å². The number of ether oxygens (including phenoxy) is 2. The van der Waals surface area contributed by atoms with Crippen molar-refractivity contribution in [3.05, 3.63) is 95.8 Å². The lowest BCUT2D eigenvalue weighted by atomic mass is 9.85. The monoisotopic (exact) mass is 480 g/mol. The summed E-state index contributed by atoms with van der Waals surface area (Å²) < 4.78 is 86.8. The minimum absolute atomic E-state index is 0.112. The largest absolute Gasteiger partial charge is 0.497 e. The number of fused-ring (bicyclic) bond motifs is 2. The zero-order valence-corrected chi connectivity index (χ0v) is 18.6. The van der Waals surface area contributed by atoms with E-state index in [2.05, 4.69) is 0 Å². The maximum atomic E-state index is 15.4. The second-order valence-corrected chi connectivity index (χ2v) is 7.89. The molecule has 7 heteroatoms. The third kappa shape index (κ3) is 3.55. The zero-order valence-electron chi connectivity index (χ0n) is 18.6. The number of benzene rings is 5. The molecule has 5 aromatic rings. The van der Waals surface area contributed by atoms with Crippen LogP contribution in [0.15, 0.2) is 66.7 Å². The van der Waals surface area contributed by atoms with Crippen LogP contribution in [-0.4, -0.2) is 14.2 Å². The zero-order chi connectivity index (χ0) is 24.9. The van der Waals surface area contributed by atoms with Crippen LogP contribution in [0.5, 0.6) is 11.5 Å². The van der Waals surface area contributed by atoms with Crippen molar-refractivity contribution >= 4 is 21.5 Å². The standard InChI is InChI=1S/C28H17F5O2/c1-34-15-8-6-14(7-9-15)23-17-4-3-5-18(29)24(17)28(27-20(31)11-10-19(30)26(23)27)25-21(32)12-16(35-2)13-22(25)33/h3-13H,1-2H3. The molecule has 0 radical (unpaired) electrons. The van der Waals surface area contributed by atoms with E-state index in [9.17, 15) is 0 Å². The lowest BCUT2D eigenvalue weighted by molar-refractivity contribution is 0.407. The third-order valence-electron chi connectivity index (χ3n) is 6.02. The van der Waals surface area contributed by atoms with E-state index < -0.39 is 45.6 Å². The second-order valence-electron chi connectivity index (χ2n) is 7.89. The maximum absolute atomic E-state index is 15.4. The Hall–Kier alpha value is -4.13. The average Bonchev–Trinajstić information content (AvgIpc) is 2.85. The van der Waals surface area contributed by atoms with Crippen LogP contribution in [0, 0.1) is 29.1 Å². The Morgan fingerprint density at radius 3 is 1.60 bits per heavy atom. The Labute approximate surface area is 197 Å². The summed E-state index contributed by atoms with van der Waals surface area (Å²) in [6, 6.07) is 14.1. The highest BCUT2D eigenvalue weighted by molar-refractivity contribution is 6.22. The Morgan fingerprint density at radius 2 is 1.03 bits per heavy atom. The van der Waals surface area contributed by atoms with E-state index in [0.29, 0.717) is 11.3 Å². The molecule has 0 fully saturated rings. The van der Waals surface area contributed by atoms with Crippen LogP contribution >= 0.6 is 0 Å². The number of hydrogen-bond acceptors (Lipinski definition) is 2. The van der Waals surface area contributed by atoms with Crippen LogP contribution in [0.3, 0.4) is 0 Å². The highest BCUT2D eigenvalue weighted by atomic mass is 19.1. The maximum Gasteiger partial charge on any atom is 0.137 e. The molecule has 0 aliphatic heterocycles.